The number of nitrogens with one attached hydrogen (secondary N) is 2. The largest absolute Gasteiger partial charge is 0.377 e. The van der Waals surface area contributed by atoms with Gasteiger partial charge >= 0.3 is 0 Å². The monoisotopic (exact) mass is 296 g/mol. The zero-order chi connectivity index (χ0) is 14.5. The van der Waals surface area contributed by atoms with Crippen LogP contribution in [0.3, 0.4) is 0 Å². The van der Waals surface area contributed by atoms with Gasteiger partial charge in [0.25, 0.3) is 0 Å². The Kier molecular flexibility index (Phi) is 5.40. The minimum atomic E-state index is -0.0326. The molecule has 1 fully saturated rings. The molecular weight excluding hydrogens is 276 g/mol. The fourth-order valence-electron chi connectivity index (χ4n) is 2.31. The van der Waals surface area contributed by atoms with Crippen LogP contribution in [0, 0.1) is 6.92 Å². The lowest BCUT2D eigenvalue weighted by atomic mass is 10.1. The number of carbonyl (C=O) groups is 1. The molecule has 1 amide bonds. The molecule has 0 spiro atoms. The first-order valence-corrected chi connectivity index (χ1v) is 7.35. The molecule has 20 heavy (non-hydrogen) atoms. The maximum atomic E-state index is 11.9. The second-order valence-electron chi connectivity index (χ2n) is 5.21. The molecule has 0 bridgehead atoms. The van der Waals surface area contributed by atoms with Crippen molar-refractivity contribution in [1.29, 1.82) is 0 Å². The average molecular weight is 297 g/mol. The van der Waals surface area contributed by atoms with Crippen LogP contribution in [-0.4, -0.2) is 31.2 Å². The Hall–Kier alpha value is -1.10. The van der Waals surface area contributed by atoms with Gasteiger partial charge in [-0.3, -0.25) is 4.79 Å². The molecule has 1 aliphatic rings. The van der Waals surface area contributed by atoms with E-state index in [9.17, 15) is 4.79 Å². The first-order valence-electron chi connectivity index (χ1n) is 6.97. The maximum Gasteiger partial charge on any atom is 0.225 e. The van der Waals surface area contributed by atoms with Gasteiger partial charge in [-0.25, -0.2) is 0 Å². The predicted molar refractivity (Wildman–Crippen MR) is 81.3 cm³/mol. The van der Waals surface area contributed by atoms with Crippen molar-refractivity contribution in [3.8, 4) is 0 Å². The zero-order valence-electron chi connectivity index (χ0n) is 11.9. The number of rotatable bonds is 5. The summed E-state index contributed by atoms with van der Waals surface area (Å²) in [5.74, 6) is -0.0326. The summed E-state index contributed by atoms with van der Waals surface area (Å²) in [6, 6.07) is 5.95. The molecule has 0 aromatic heterocycles. The second kappa shape index (κ2) is 7.07. The van der Waals surface area contributed by atoms with E-state index < -0.39 is 0 Å². The molecule has 5 heteroatoms. The SMILES string of the molecule is Cc1ccc(NC(=O)CCN[C@H]2CCO[C@@H]2C)c(Cl)c1. The Morgan fingerprint density at radius 2 is 2.30 bits per heavy atom. The van der Waals surface area contributed by atoms with Gasteiger partial charge in [0.05, 0.1) is 16.8 Å². The highest BCUT2D eigenvalue weighted by Crippen LogP contribution is 2.22. The fraction of sp³-hybridized carbons (Fsp3) is 0.533. The van der Waals surface area contributed by atoms with E-state index in [1.807, 2.05) is 25.1 Å². The van der Waals surface area contributed by atoms with E-state index in [1.165, 1.54) is 0 Å². The van der Waals surface area contributed by atoms with Gasteiger partial charge in [0, 0.05) is 25.6 Å². The van der Waals surface area contributed by atoms with Crippen LogP contribution < -0.4 is 10.6 Å². The van der Waals surface area contributed by atoms with Crippen molar-refractivity contribution in [3.63, 3.8) is 0 Å². The molecule has 2 rings (SSSR count). The van der Waals surface area contributed by atoms with E-state index >= 15 is 0 Å². The maximum absolute atomic E-state index is 11.9. The smallest absolute Gasteiger partial charge is 0.225 e. The summed E-state index contributed by atoms with van der Waals surface area (Å²) in [4.78, 5) is 11.9. The van der Waals surface area contributed by atoms with E-state index in [2.05, 4.69) is 17.6 Å². The molecule has 0 aliphatic carbocycles. The highest BCUT2D eigenvalue weighted by Gasteiger charge is 2.23. The van der Waals surface area contributed by atoms with Crippen molar-refractivity contribution in [2.24, 2.45) is 0 Å². The standard InChI is InChI=1S/C15H21ClN2O2/c1-10-3-4-14(12(16)9-10)18-15(19)5-7-17-13-6-8-20-11(13)2/h3-4,9,11,13,17H,5-8H2,1-2H3,(H,18,19)/t11-,13+/m1/s1. The minimum absolute atomic E-state index is 0.0326. The molecule has 1 saturated heterocycles. The second-order valence-corrected chi connectivity index (χ2v) is 5.61. The van der Waals surface area contributed by atoms with Crippen LogP contribution in [0.5, 0.6) is 0 Å². The van der Waals surface area contributed by atoms with Crippen molar-refractivity contribution >= 4 is 23.2 Å². The van der Waals surface area contributed by atoms with E-state index in [0.29, 0.717) is 29.7 Å². The van der Waals surface area contributed by atoms with Gasteiger partial charge in [-0.05, 0) is 38.0 Å². The van der Waals surface area contributed by atoms with E-state index in [0.717, 1.165) is 18.6 Å². The third-order valence-electron chi connectivity index (χ3n) is 3.53. The van der Waals surface area contributed by atoms with Gasteiger partial charge in [-0.2, -0.15) is 0 Å². The molecule has 0 unspecified atom stereocenters. The predicted octanol–water partition coefficient (Wildman–Crippen LogP) is 2.74. The number of ether oxygens (including phenoxy) is 1. The number of aryl methyl sites for hydroxylation is 1. The molecule has 2 atom stereocenters. The lowest BCUT2D eigenvalue weighted by Gasteiger charge is -2.15. The first-order chi connectivity index (χ1) is 9.56. The lowest BCUT2D eigenvalue weighted by molar-refractivity contribution is -0.116. The van der Waals surface area contributed by atoms with Crippen molar-refractivity contribution in [2.45, 2.75) is 38.8 Å². The third kappa shape index (κ3) is 4.20. The summed E-state index contributed by atoms with van der Waals surface area (Å²) in [7, 11) is 0. The Morgan fingerprint density at radius 3 is 2.95 bits per heavy atom. The Labute approximate surface area is 124 Å². The molecule has 1 aromatic carbocycles. The van der Waals surface area contributed by atoms with Crippen molar-refractivity contribution in [3.05, 3.63) is 28.8 Å². The quantitative estimate of drug-likeness (QED) is 0.878. The zero-order valence-corrected chi connectivity index (χ0v) is 12.7. The average Bonchev–Trinajstić information content (AvgIpc) is 2.79. The molecule has 1 heterocycles. The molecule has 4 nitrogen and oxygen atoms in total. The van der Waals surface area contributed by atoms with Gasteiger partial charge in [-0.1, -0.05) is 17.7 Å². The molecular formula is C15H21ClN2O2. The summed E-state index contributed by atoms with van der Waals surface area (Å²) in [5.41, 5.74) is 1.74. The summed E-state index contributed by atoms with van der Waals surface area (Å²) < 4.78 is 5.47. The van der Waals surface area contributed by atoms with E-state index in [4.69, 9.17) is 16.3 Å². The number of hydrogen-bond acceptors (Lipinski definition) is 3. The van der Waals surface area contributed by atoms with Crippen LogP contribution in [-0.2, 0) is 9.53 Å². The van der Waals surface area contributed by atoms with Gasteiger partial charge in [0.1, 0.15) is 0 Å². The van der Waals surface area contributed by atoms with Crippen LogP contribution in [0.4, 0.5) is 5.69 Å². The number of anilines is 1. The molecule has 1 aliphatic heterocycles. The lowest BCUT2D eigenvalue weighted by Crippen LogP contribution is -2.36. The summed E-state index contributed by atoms with van der Waals surface area (Å²) in [5, 5.41) is 6.76. The van der Waals surface area contributed by atoms with Crippen LogP contribution in [0.2, 0.25) is 5.02 Å². The van der Waals surface area contributed by atoms with Gasteiger partial charge in [0.2, 0.25) is 5.91 Å². The summed E-state index contributed by atoms with van der Waals surface area (Å²) in [6.45, 7) is 5.46. The van der Waals surface area contributed by atoms with E-state index in [1.54, 1.807) is 0 Å². The number of halogens is 1. The molecule has 110 valence electrons. The van der Waals surface area contributed by atoms with Crippen molar-refractivity contribution in [2.75, 3.05) is 18.5 Å². The molecule has 0 saturated carbocycles. The summed E-state index contributed by atoms with van der Waals surface area (Å²) in [6.07, 6.45) is 1.66. The van der Waals surface area contributed by atoms with Crippen LogP contribution >= 0.6 is 11.6 Å². The van der Waals surface area contributed by atoms with Gasteiger partial charge < -0.3 is 15.4 Å². The van der Waals surface area contributed by atoms with Gasteiger partial charge in [-0.15, -0.1) is 0 Å². The number of hydrogen-bond donors (Lipinski definition) is 2. The molecule has 2 N–H and O–H groups in total. The van der Waals surface area contributed by atoms with Crippen LogP contribution in [0.15, 0.2) is 18.2 Å². The molecule has 0 radical (unpaired) electrons. The van der Waals surface area contributed by atoms with Gasteiger partial charge in [0.15, 0.2) is 0 Å². The van der Waals surface area contributed by atoms with Crippen molar-refractivity contribution in [1.82, 2.24) is 5.32 Å². The minimum Gasteiger partial charge on any atom is -0.377 e. The van der Waals surface area contributed by atoms with E-state index in [-0.39, 0.29) is 12.0 Å². The Balaban J connectivity index is 1.75. The number of benzene rings is 1. The normalized spacial score (nSPS) is 21.9. The Morgan fingerprint density at radius 1 is 1.50 bits per heavy atom. The first kappa shape index (κ1) is 15.3. The van der Waals surface area contributed by atoms with Crippen LogP contribution in [0.1, 0.15) is 25.3 Å². The van der Waals surface area contributed by atoms with Crippen molar-refractivity contribution < 1.29 is 9.53 Å². The highest BCUT2D eigenvalue weighted by atomic mass is 35.5. The number of amides is 1. The third-order valence-corrected chi connectivity index (χ3v) is 3.85. The molecule has 1 aromatic rings. The summed E-state index contributed by atoms with van der Waals surface area (Å²) >= 11 is 6.08. The highest BCUT2D eigenvalue weighted by molar-refractivity contribution is 6.33. The fourth-order valence-corrected chi connectivity index (χ4v) is 2.59. The van der Waals surface area contributed by atoms with Crippen LogP contribution in [0.25, 0.3) is 0 Å². The topological polar surface area (TPSA) is 50.4 Å². The Bertz CT molecular complexity index is 479. The number of carbonyl (C=O) groups excluding carboxylic acids is 1.